The molecular weight excluding hydrogens is 1040 g/mol. The Morgan fingerprint density at radius 2 is 0.780 bits per heavy atom. The molecule has 476 valence electrons. The Morgan fingerprint density at radius 3 is 1.17 bits per heavy atom. The predicted molar refractivity (Wildman–Crippen MR) is 355 cm³/mol. The van der Waals surface area contributed by atoms with Gasteiger partial charge < -0.3 is 19.4 Å². The summed E-state index contributed by atoms with van der Waals surface area (Å²) in [7, 11) is 1.49. The van der Waals surface area contributed by atoms with Gasteiger partial charge in [0.15, 0.2) is 0 Å². The Balaban J connectivity index is 5.13. The fourth-order valence-electron chi connectivity index (χ4n) is 9.83. The number of phosphoric acid groups is 1. The normalized spacial score (nSPS) is 14.1. The van der Waals surface area contributed by atoms with Gasteiger partial charge in [-0.3, -0.25) is 18.6 Å². The third-order valence-electron chi connectivity index (χ3n) is 15.1. The van der Waals surface area contributed by atoms with E-state index in [4.69, 9.17) is 13.8 Å². The first-order valence-electron chi connectivity index (χ1n) is 34.4. The number of nitrogens with one attached hydrogen (secondary N) is 1. The molecule has 0 aliphatic carbocycles. The lowest BCUT2D eigenvalue weighted by molar-refractivity contribution is -0.870. The zero-order valence-electron chi connectivity index (χ0n) is 54.5. The van der Waals surface area contributed by atoms with E-state index < -0.39 is 20.0 Å². The maximum absolute atomic E-state index is 13.6. The van der Waals surface area contributed by atoms with Gasteiger partial charge >= 0.3 is 13.8 Å². The Bertz CT molecular complexity index is 1680. The Morgan fingerprint density at radius 1 is 0.439 bits per heavy atom. The molecule has 1 amide bonds. The predicted octanol–water partition coefficient (Wildman–Crippen LogP) is 21.7. The van der Waals surface area contributed by atoms with Crippen LogP contribution in [0.5, 0.6) is 0 Å². The molecule has 0 rings (SSSR count). The second kappa shape index (κ2) is 61.3. The van der Waals surface area contributed by atoms with Crippen molar-refractivity contribution in [3.8, 4) is 0 Å². The number of likely N-dealkylation sites (N-methyl/N-ethyl adjacent to an activating group) is 1. The van der Waals surface area contributed by atoms with Crippen molar-refractivity contribution in [2.75, 3.05) is 40.9 Å². The second-order valence-corrected chi connectivity index (χ2v) is 25.8. The standard InChI is InChI=1S/C72H131N2O7P/c1-7-10-13-16-19-22-25-28-30-32-33-34-35-36-37-38-39-40-41-42-44-47-50-53-56-59-62-65-72(76)81-70(63-60-57-54-51-48-45-27-24-21-18-15-12-9-3)69(68-80-82(77,78)79-67-66-74(4,5)6)73-71(75)64-61-58-55-52-49-46-43-31-29-26-23-20-17-14-11-8-2/h10,13,19,22,28,30,33-34,36-37,39-40,60,63,69-70H,7-9,11-12,14-18,20-21,23-27,29,31-32,35,38,41-59,61-62,64-68H2,1-6H3,(H-,73,75,77,78)/p+1/b13-10-,22-19-,30-28-,34-33-,37-36-,40-39-,63-60-. The molecule has 0 saturated carbocycles. The molecule has 0 aromatic carbocycles. The minimum absolute atomic E-state index is 0.0376. The highest BCUT2D eigenvalue weighted by atomic mass is 31.2. The highest BCUT2D eigenvalue weighted by Crippen LogP contribution is 2.43. The SMILES string of the molecule is CC/C=C\C/C=C\C/C=C\C/C=C\C/C=C\C/C=C\CCCCCCCCCCC(=O)OC(/C=C\CCCCCCCCCCCCC)C(COP(=O)(O)OCC[N+](C)(C)C)NC(=O)CCCCCCCCCCCCCCCCCC. The van der Waals surface area contributed by atoms with Gasteiger partial charge in [-0.2, -0.15) is 0 Å². The number of esters is 1. The number of rotatable bonds is 62. The largest absolute Gasteiger partial charge is 0.472 e. The number of amides is 1. The van der Waals surface area contributed by atoms with Gasteiger partial charge in [-0.25, -0.2) is 4.57 Å². The van der Waals surface area contributed by atoms with Crippen LogP contribution in [0.4, 0.5) is 0 Å². The van der Waals surface area contributed by atoms with E-state index in [1.807, 2.05) is 33.3 Å². The molecule has 0 aliphatic rings. The van der Waals surface area contributed by atoms with E-state index in [0.717, 1.165) is 109 Å². The average molecular weight is 1170 g/mol. The van der Waals surface area contributed by atoms with Gasteiger partial charge in [0.2, 0.25) is 5.91 Å². The van der Waals surface area contributed by atoms with Crippen molar-refractivity contribution in [3.05, 3.63) is 85.1 Å². The maximum Gasteiger partial charge on any atom is 0.472 e. The molecule has 0 aliphatic heterocycles. The van der Waals surface area contributed by atoms with Crippen LogP contribution in [0.3, 0.4) is 0 Å². The van der Waals surface area contributed by atoms with E-state index in [1.54, 1.807) is 0 Å². The zero-order valence-corrected chi connectivity index (χ0v) is 55.4. The first-order valence-corrected chi connectivity index (χ1v) is 35.9. The number of hydrogen-bond donors (Lipinski definition) is 2. The molecule has 3 atom stereocenters. The van der Waals surface area contributed by atoms with Crippen molar-refractivity contribution < 1.29 is 37.3 Å². The monoisotopic (exact) mass is 1170 g/mol. The van der Waals surface area contributed by atoms with Gasteiger partial charge in [0.25, 0.3) is 0 Å². The molecule has 0 aromatic rings. The van der Waals surface area contributed by atoms with E-state index in [2.05, 4.69) is 99.0 Å². The van der Waals surface area contributed by atoms with E-state index in [0.29, 0.717) is 17.4 Å². The lowest BCUT2D eigenvalue weighted by Crippen LogP contribution is -2.47. The Hall–Kier alpha value is -2.81. The van der Waals surface area contributed by atoms with Gasteiger partial charge in [0, 0.05) is 12.8 Å². The molecule has 82 heavy (non-hydrogen) atoms. The summed E-state index contributed by atoms with van der Waals surface area (Å²) in [6.07, 6.45) is 81.5. The highest BCUT2D eigenvalue weighted by molar-refractivity contribution is 7.47. The van der Waals surface area contributed by atoms with Crippen molar-refractivity contribution in [3.63, 3.8) is 0 Å². The second-order valence-electron chi connectivity index (χ2n) is 24.3. The summed E-state index contributed by atoms with van der Waals surface area (Å²) >= 11 is 0. The number of ether oxygens (including phenoxy) is 1. The summed E-state index contributed by atoms with van der Waals surface area (Å²) in [5, 5.41) is 3.07. The first kappa shape index (κ1) is 79.2. The minimum Gasteiger partial charge on any atom is -0.456 e. The van der Waals surface area contributed by atoms with Gasteiger partial charge in [-0.15, -0.1) is 0 Å². The van der Waals surface area contributed by atoms with E-state index in [-0.39, 0.29) is 31.5 Å². The highest BCUT2D eigenvalue weighted by Gasteiger charge is 2.30. The molecule has 9 nitrogen and oxygen atoms in total. The lowest BCUT2D eigenvalue weighted by Gasteiger charge is -2.27. The van der Waals surface area contributed by atoms with Crippen LogP contribution in [0.1, 0.15) is 310 Å². The Kier molecular flexibility index (Phi) is 59.2. The van der Waals surface area contributed by atoms with Crippen LogP contribution in [-0.4, -0.2) is 74.3 Å². The number of phosphoric ester groups is 1. The van der Waals surface area contributed by atoms with Crippen LogP contribution in [-0.2, 0) is 27.9 Å². The van der Waals surface area contributed by atoms with E-state index in [1.165, 1.54) is 167 Å². The van der Waals surface area contributed by atoms with Crippen molar-refractivity contribution in [2.24, 2.45) is 0 Å². The van der Waals surface area contributed by atoms with Crippen LogP contribution >= 0.6 is 7.82 Å². The summed E-state index contributed by atoms with van der Waals surface area (Å²) in [5.74, 6) is -0.506. The number of allylic oxidation sites excluding steroid dienone is 13. The molecule has 10 heteroatoms. The average Bonchev–Trinajstić information content (AvgIpc) is 3.45. The summed E-state index contributed by atoms with van der Waals surface area (Å²) in [5.41, 5.74) is 0. The van der Waals surface area contributed by atoms with E-state index >= 15 is 0 Å². The van der Waals surface area contributed by atoms with Crippen molar-refractivity contribution in [1.29, 1.82) is 0 Å². The van der Waals surface area contributed by atoms with Crippen molar-refractivity contribution >= 4 is 19.7 Å². The van der Waals surface area contributed by atoms with Gasteiger partial charge in [0.1, 0.15) is 19.3 Å². The quantitative estimate of drug-likeness (QED) is 0.0205. The van der Waals surface area contributed by atoms with Gasteiger partial charge in [0.05, 0.1) is 33.8 Å². The topological polar surface area (TPSA) is 111 Å². The number of hydrogen-bond acceptors (Lipinski definition) is 6. The fraction of sp³-hybridized carbons (Fsp3) is 0.778. The molecule has 0 saturated heterocycles. The maximum atomic E-state index is 13.6. The Labute approximate surface area is 507 Å². The smallest absolute Gasteiger partial charge is 0.456 e. The van der Waals surface area contributed by atoms with Crippen LogP contribution in [0.25, 0.3) is 0 Å². The fourth-order valence-corrected chi connectivity index (χ4v) is 10.6. The lowest BCUT2D eigenvalue weighted by atomic mass is 10.0. The molecule has 3 unspecified atom stereocenters. The molecular formula is C72H132N2O7P+. The van der Waals surface area contributed by atoms with Crippen LogP contribution in [0.15, 0.2) is 85.1 Å². The third-order valence-corrected chi connectivity index (χ3v) is 16.1. The first-order chi connectivity index (χ1) is 39.9. The van der Waals surface area contributed by atoms with Crippen LogP contribution in [0, 0.1) is 0 Å². The molecule has 0 bridgehead atoms. The zero-order chi connectivity index (χ0) is 60.0. The van der Waals surface area contributed by atoms with Gasteiger partial charge in [-0.1, -0.05) is 299 Å². The summed E-state index contributed by atoms with van der Waals surface area (Å²) < 4.78 is 30.8. The number of carbonyl (C=O) groups is 2. The summed E-state index contributed by atoms with van der Waals surface area (Å²) in [6.45, 7) is 6.92. The number of nitrogens with zero attached hydrogens (tertiary/aromatic N) is 1. The van der Waals surface area contributed by atoms with Crippen molar-refractivity contribution in [1.82, 2.24) is 5.32 Å². The molecule has 0 fully saturated rings. The third kappa shape index (κ3) is 61.7. The minimum atomic E-state index is -4.46. The molecule has 0 heterocycles. The summed E-state index contributed by atoms with van der Waals surface area (Å²) in [4.78, 5) is 37.9. The van der Waals surface area contributed by atoms with Crippen molar-refractivity contribution in [2.45, 2.75) is 322 Å². The van der Waals surface area contributed by atoms with Gasteiger partial charge in [-0.05, 0) is 83.1 Å². The molecule has 0 radical (unpaired) electrons. The number of unbranched alkanes of at least 4 members (excludes halogenated alkanes) is 34. The molecule has 2 N–H and O–H groups in total. The molecule has 0 spiro atoms. The molecule has 0 aromatic heterocycles. The van der Waals surface area contributed by atoms with E-state index in [9.17, 15) is 19.0 Å². The van der Waals surface area contributed by atoms with Crippen LogP contribution < -0.4 is 5.32 Å². The number of carbonyl (C=O) groups excluding carboxylic acids is 2. The summed E-state index contributed by atoms with van der Waals surface area (Å²) in [6, 6.07) is -0.854. The number of quaternary nitrogens is 1. The van der Waals surface area contributed by atoms with Crippen LogP contribution in [0.2, 0.25) is 0 Å².